The predicted octanol–water partition coefficient (Wildman–Crippen LogP) is 4.15. The molecular formula is C26H30F2N6O2S. The fourth-order valence-electron chi connectivity index (χ4n) is 4.12. The van der Waals surface area contributed by atoms with Crippen LogP contribution in [0.25, 0.3) is 0 Å². The van der Waals surface area contributed by atoms with Crippen LogP contribution in [-0.2, 0) is 14.4 Å². The number of benzene rings is 2. The molecule has 0 saturated carbocycles. The number of hydrazone groups is 1. The van der Waals surface area contributed by atoms with E-state index in [0.29, 0.717) is 25.3 Å². The second-order valence-corrected chi connectivity index (χ2v) is 9.94. The van der Waals surface area contributed by atoms with Crippen molar-refractivity contribution in [1.29, 1.82) is 5.26 Å². The molecule has 0 radical (unpaired) electrons. The van der Waals surface area contributed by atoms with E-state index < -0.39 is 22.6 Å². The largest absolute Gasteiger partial charge is 0.371 e. The fourth-order valence-corrected chi connectivity index (χ4v) is 5.55. The highest BCUT2D eigenvalue weighted by Gasteiger charge is 2.50. The van der Waals surface area contributed by atoms with Gasteiger partial charge in [0.15, 0.2) is 6.19 Å². The van der Waals surface area contributed by atoms with Gasteiger partial charge in [0, 0.05) is 26.3 Å². The van der Waals surface area contributed by atoms with E-state index in [9.17, 15) is 13.6 Å². The number of amides is 1. The lowest BCUT2D eigenvalue weighted by Gasteiger charge is -2.38. The Hall–Kier alpha value is -3.49. The predicted molar refractivity (Wildman–Crippen MR) is 140 cm³/mol. The molecule has 0 bridgehead atoms. The summed E-state index contributed by atoms with van der Waals surface area (Å²) < 4.78 is 34.4. The summed E-state index contributed by atoms with van der Waals surface area (Å²) in [5, 5.41) is 20.5. The Morgan fingerprint density at radius 3 is 2.62 bits per heavy atom. The van der Waals surface area contributed by atoms with Crippen molar-refractivity contribution in [1.82, 2.24) is 15.6 Å². The number of hydrogen-bond donors (Lipinski definition) is 2. The Labute approximate surface area is 219 Å². The maximum Gasteiger partial charge on any atom is 0.273 e. The van der Waals surface area contributed by atoms with Gasteiger partial charge >= 0.3 is 0 Å². The van der Waals surface area contributed by atoms with E-state index in [-0.39, 0.29) is 22.4 Å². The molecule has 1 aliphatic rings. The van der Waals surface area contributed by atoms with Gasteiger partial charge in [-0.2, -0.15) is 10.4 Å². The molecule has 2 aromatic rings. The smallest absolute Gasteiger partial charge is 0.273 e. The van der Waals surface area contributed by atoms with Crippen LogP contribution in [0, 0.1) is 29.0 Å². The molecule has 1 aliphatic heterocycles. The van der Waals surface area contributed by atoms with Crippen LogP contribution in [0.3, 0.4) is 0 Å². The number of carbonyl (C=O) groups excluding carboxylic acids is 1. The molecule has 196 valence electrons. The summed E-state index contributed by atoms with van der Waals surface area (Å²) in [6, 6.07) is 12.5. The van der Waals surface area contributed by atoms with E-state index in [1.165, 1.54) is 23.9 Å². The number of guanidine groups is 1. The van der Waals surface area contributed by atoms with Gasteiger partial charge in [-0.3, -0.25) is 15.1 Å². The summed E-state index contributed by atoms with van der Waals surface area (Å²) in [4.78, 5) is 16.8. The molecule has 0 saturated heterocycles. The molecule has 2 aromatic carbocycles. The van der Waals surface area contributed by atoms with Crippen LogP contribution in [-0.4, -0.2) is 48.7 Å². The van der Waals surface area contributed by atoms with E-state index in [1.807, 2.05) is 50.4 Å². The maximum absolute atomic E-state index is 14.8. The average molecular weight is 529 g/mol. The molecule has 1 amide bonds. The Morgan fingerprint density at radius 2 is 2.00 bits per heavy atom. The molecule has 1 heterocycles. The van der Waals surface area contributed by atoms with Gasteiger partial charge in [0.2, 0.25) is 5.96 Å². The number of hydrogen-bond acceptors (Lipinski definition) is 6. The van der Waals surface area contributed by atoms with Crippen LogP contribution < -0.4 is 10.6 Å². The van der Waals surface area contributed by atoms with Gasteiger partial charge < -0.3 is 10.1 Å². The minimum atomic E-state index is -1.05. The zero-order valence-corrected chi connectivity index (χ0v) is 22.0. The van der Waals surface area contributed by atoms with Gasteiger partial charge in [-0.25, -0.2) is 13.8 Å². The number of methoxy groups -OCH3 is 1. The van der Waals surface area contributed by atoms with Crippen molar-refractivity contribution in [3.05, 3.63) is 71.3 Å². The summed E-state index contributed by atoms with van der Waals surface area (Å²) in [7, 11) is 3.01. The van der Waals surface area contributed by atoms with Gasteiger partial charge in [0.05, 0.1) is 0 Å². The third-order valence-corrected chi connectivity index (χ3v) is 7.32. The van der Waals surface area contributed by atoms with Crippen LogP contribution in [0.5, 0.6) is 0 Å². The molecular weight excluding hydrogens is 498 g/mol. The SMILES string of the molecule is CN=C(NC#N)NCCCC1(c2ccccc2)SC(c2cc(F)ccc2F)=NN1C(=O)[C@@H](OC)C(C)C. The van der Waals surface area contributed by atoms with Crippen LogP contribution >= 0.6 is 11.8 Å². The van der Waals surface area contributed by atoms with E-state index >= 15 is 0 Å². The van der Waals surface area contributed by atoms with Crippen molar-refractivity contribution in [2.24, 2.45) is 16.0 Å². The van der Waals surface area contributed by atoms with Gasteiger partial charge in [-0.05, 0) is 42.5 Å². The van der Waals surface area contributed by atoms with Crippen LogP contribution in [0.1, 0.15) is 37.8 Å². The van der Waals surface area contributed by atoms with E-state index in [4.69, 9.17) is 10.00 Å². The van der Waals surface area contributed by atoms with Crippen molar-refractivity contribution in [2.45, 2.75) is 37.7 Å². The number of aliphatic imine (C=N–C) groups is 1. The first kappa shape index (κ1) is 28.1. The molecule has 2 atom stereocenters. The molecule has 0 spiro atoms. The minimum Gasteiger partial charge on any atom is -0.371 e. The van der Waals surface area contributed by atoms with Crippen molar-refractivity contribution >= 4 is 28.7 Å². The standard InChI is InChI=1S/C26H30F2N6O2S/c1-17(2)22(36-4)24(35)34-26(18-9-6-5-7-10-18,13-8-14-31-25(30-3)32-16-29)37-23(33-34)20-15-19(27)11-12-21(20)28/h5-7,9-12,15,17,22H,8,13-14H2,1-4H3,(H2,30,31,32)/t22-,26?/m0/s1. The topological polar surface area (TPSA) is 102 Å². The first-order chi connectivity index (χ1) is 17.8. The van der Waals surface area contributed by atoms with Crippen LogP contribution in [0.4, 0.5) is 8.78 Å². The molecule has 8 nitrogen and oxygen atoms in total. The molecule has 0 aromatic heterocycles. The number of nitrogens with one attached hydrogen (secondary N) is 2. The Balaban J connectivity index is 2.06. The quantitative estimate of drug-likeness (QED) is 0.167. The van der Waals surface area contributed by atoms with E-state index in [1.54, 1.807) is 7.05 Å². The molecule has 0 fully saturated rings. The molecule has 1 unspecified atom stereocenters. The van der Waals surface area contributed by atoms with Gasteiger partial charge in [-0.1, -0.05) is 55.9 Å². The Bertz CT molecular complexity index is 1200. The number of ether oxygens (including phenoxy) is 1. The van der Waals surface area contributed by atoms with Crippen molar-refractivity contribution in [3.8, 4) is 6.19 Å². The highest BCUT2D eigenvalue weighted by Crippen LogP contribution is 2.51. The fraction of sp³-hybridized carbons (Fsp3) is 0.385. The number of nitrogens with zero attached hydrogens (tertiary/aromatic N) is 4. The lowest BCUT2D eigenvalue weighted by Crippen LogP contribution is -2.48. The molecule has 37 heavy (non-hydrogen) atoms. The zero-order valence-electron chi connectivity index (χ0n) is 21.2. The first-order valence-electron chi connectivity index (χ1n) is 11.8. The Morgan fingerprint density at radius 1 is 1.27 bits per heavy atom. The lowest BCUT2D eigenvalue weighted by atomic mass is 9.98. The number of halogens is 2. The Kier molecular flexibility index (Phi) is 9.60. The van der Waals surface area contributed by atoms with Gasteiger partial charge in [0.25, 0.3) is 5.91 Å². The van der Waals surface area contributed by atoms with Crippen molar-refractivity contribution in [3.63, 3.8) is 0 Å². The average Bonchev–Trinajstić information content (AvgIpc) is 3.28. The highest BCUT2D eigenvalue weighted by molar-refractivity contribution is 8.15. The highest BCUT2D eigenvalue weighted by atomic mass is 32.2. The maximum atomic E-state index is 14.8. The summed E-state index contributed by atoms with van der Waals surface area (Å²) >= 11 is 1.20. The number of nitriles is 1. The van der Waals surface area contributed by atoms with E-state index in [0.717, 1.165) is 23.8 Å². The van der Waals surface area contributed by atoms with Gasteiger partial charge in [-0.15, -0.1) is 0 Å². The third kappa shape index (κ3) is 6.26. The second-order valence-electron chi connectivity index (χ2n) is 8.67. The second kappa shape index (κ2) is 12.7. The van der Waals surface area contributed by atoms with Crippen LogP contribution in [0.2, 0.25) is 0 Å². The van der Waals surface area contributed by atoms with Gasteiger partial charge in [0.1, 0.15) is 27.7 Å². The number of rotatable bonds is 9. The number of carbonyl (C=O) groups is 1. The monoisotopic (exact) mass is 528 g/mol. The molecule has 0 aliphatic carbocycles. The summed E-state index contributed by atoms with van der Waals surface area (Å²) in [5.41, 5.74) is 0.762. The minimum absolute atomic E-state index is 0.0177. The normalized spacial score (nSPS) is 18.4. The summed E-state index contributed by atoms with van der Waals surface area (Å²) in [5.74, 6) is -1.45. The van der Waals surface area contributed by atoms with Crippen molar-refractivity contribution < 1.29 is 18.3 Å². The molecule has 3 rings (SSSR count). The summed E-state index contributed by atoms with van der Waals surface area (Å²) in [6.07, 6.45) is 1.97. The van der Waals surface area contributed by atoms with Crippen LogP contribution in [0.15, 0.2) is 58.6 Å². The lowest BCUT2D eigenvalue weighted by molar-refractivity contribution is -0.148. The number of thioether (sulfide) groups is 1. The summed E-state index contributed by atoms with van der Waals surface area (Å²) in [6.45, 7) is 4.17. The van der Waals surface area contributed by atoms with E-state index in [2.05, 4.69) is 20.7 Å². The zero-order chi connectivity index (χ0) is 27.0. The molecule has 2 N–H and O–H groups in total. The molecule has 11 heteroatoms. The van der Waals surface area contributed by atoms with Crippen molar-refractivity contribution in [2.75, 3.05) is 20.7 Å². The third-order valence-electron chi connectivity index (χ3n) is 5.88. The first-order valence-corrected chi connectivity index (χ1v) is 12.6.